The second-order valence-corrected chi connectivity index (χ2v) is 5.61. The predicted molar refractivity (Wildman–Crippen MR) is 67.5 cm³/mol. The van der Waals surface area contributed by atoms with Gasteiger partial charge in [-0.2, -0.15) is 11.8 Å². The van der Waals surface area contributed by atoms with Gasteiger partial charge < -0.3 is 9.52 Å². The quantitative estimate of drug-likeness (QED) is 0.894. The Balaban J connectivity index is 2.00. The molecule has 1 N–H and O–H groups in total. The number of hydrogen-bond donors (Lipinski definition) is 1. The van der Waals surface area contributed by atoms with Crippen LogP contribution in [0, 0.1) is 0 Å². The Morgan fingerprint density at radius 2 is 2.53 bits per heavy atom. The van der Waals surface area contributed by atoms with Crippen LogP contribution in [0.2, 0.25) is 0 Å². The molecule has 0 bridgehead atoms. The molecule has 2 rings (SSSR count). The van der Waals surface area contributed by atoms with Crippen molar-refractivity contribution in [2.75, 3.05) is 18.8 Å². The summed E-state index contributed by atoms with van der Waals surface area (Å²) < 4.78 is 5.27. The van der Waals surface area contributed by atoms with Gasteiger partial charge >= 0.3 is 5.97 Å². The third kappa shape index (κ3) is 3.04. The SMILES string of the molecule is CCC1CN(Cc2occc2C(=O)O)CCS1. The number of furan rings is 1. The Kier molecular flexibility index (Phi) is 4.12. The summed E-state index contributed by atoms with van der Waals surface area (Å²) in [5.74, 6) is 0.771. The first-order chi connectivity index (χ1) is 8.20. The van der Waals surface area contributed by atoms with Crippen molar-refractivity contribution in [2.45, 2.75) is 25.1 Å². The summed E-state index contributed by atoms with van der Waals surface area (Å²) in [6, 6.07) is 1.52. The Labute approximate surface area is 105 Å². The minimum Gasteiger partial charge on any atom is -0.478 e. The first-order valence-corrected chi connectivity index (χ1v) is 6.89. The van der Waals surface area contributed by atoms with Gasteiger partial charge in [-0.05, 0) is 12.5 Å². The highest BCUT2D eigenvalue weighted by Gasteiger charge is 2.22. The molecule has 0 amide bonds. The molecule has 0 saturated carbocycles. The molecule has 1 aromatic rings. The summed E-state index contributed by atoms with van der Waals surface area (Å²) in [6.45, 7) is 4.81. The van der Waals surface area contributed by atoms with E-state index in [2.05, 4.69) is 11.8 Å². The van der Waals surface area contributed by atoms with Crippen LogP contribution in [0.25, 0.3) is 0 Å². The molecule has 0 aliphatic carbocycles. The zero-order valence-electron chi connectivity index (χ0n) is 9.89. The lowest BCUT2D eigenvalue weighted by Gasteiger charge is -2.31. The van der Waals surface area contributed by atoms with Crippen LogP contribution in [0.5, 0.6) is 0 Å². The van der Waals surface area contributed by atoms with Gasteiger partial charge in [0.2, 0.25) is 0 Å². The van der Waals surface area contributed by atoms with E-state index >= 15 is 0 Å². The van der Waals surface area contributed by atoms with E-state index in [1.165, 1.54) is 12.3 Å². The molecule has 1 unspecified atom stereocenters. The van der Waals surface area contributed by atoms with Crippen molar-refractivity contribution in [2.24, 2.45) is 0 Å². The van der Waals surface area contributed by atoms with E-state index in [-0.39, 0.29) is 5.56 Å². The second-order valence-electron chi connectivity index (χ2n) is 4.20. The number of carbonyl (C=O) groups is 1. The number of carboxylic acid groups (broad SMARTS) is 1. The number of nitrogens with zero attached hydrogens (tertiary/aromatic N) is 1. The molecule has 1 aliphatic heterocycles. The van der Waals surface area contributed by atoms with Crippen molar-refractivity contribution in [1.29, 1.82) is 0 Å². The number of carboxylic acids is 1. The molecule has 17 heavy (non-hydrogen) atoms. The van der Waals surface area contributed by atoms with Gasteiger partial charge in [0, 0.05) is 24.1 Å². The van der Waals surface area contributed by atoms with Crippen LogP contribution in [0.4, 0.5) is 0 Å². The fraction of sp³-hybridized carbons (Fsp3) is 0.583. The van der Waals surface area contributed by atoms with Crippen molar-refractivity contribution in [3.8, 4) is 0 Å². The minimum atomic E-state index is -0.910. The van der Waals surface area contributed by atoms with Crippen LogP contribution >= 0.6 is 11.8 Å². The van der Waals surface area contributed by atoms with E-state index in [9.17, 15) is 4.79 Å². The third-order valence-electron chi connectivity index (χ3n) is 3.02. The van der Waals surface area contributed by atoms with Gasteiger partial charge in [0.25, 0.3) is 0 Å². The first-order valence-electron chi connectivity index (χ1n) is 5.84. The summed E-state index contributed by atoms with van der Waals surface area (Å²) >= 11 is 2.00. The van der Waals surface area contributed by atoms with Gasteiger partial charge in [0.15, 0.2) is 0 Å². The van der Waals surface area contributed by atoms with Crippen LogP contribution in [0.1, 0.15) is 29.5 Å². The Bertz CT molecular complexity index is 391. The molecular formula is C12H17NO3S. The Morgan fingerprint density at radius 1 is 1.71 bits per heavy atom. The van der Waals surface area contributed by atoms with Crippen LogP contribution in [-0.2, 0) is 6.54 Å². The highest BCUT2D eigenvalue weighted by molar-refractivity contribution is 8.00. The van der Waals surface area contributed by atoms with E-state index in [1.807, 2.05) is 11.8 Å². The Morgan fingerprint density at radius 3 is 3.24 bits per heavy atom. The molecule has 1 fully saturated rings. The molecule has 0 aromatic carbocycles. The van der Waals surface area contributed by atoms with Gasteiger partial charge in [-0.1, -0.05) is 6.92 Å². The third-order valence-corrected chi connectivity index (χ3v) is 4.39. The lowest BCUT2D eigenvalue weighted by Crippen LogP contribution is -2.37. The molecule has 94 valence electrons. The van der Waals surface area contributed by atoms with Crippen molar-refractivity contribution in [3.63, 3.8) is 0 Å². The normalized spacial score (nSPS) is 21.6. The smallest absolute Gasteiger partial charge is 0.339 e. The largest absolute Gasteiger partial charge is 0.478 e. The summed E-state index contributed by atoms with van der Waals surface area (Å²) in [6.07, 6.45) is 2.61. The molecule has 0 radical (unpaired) electrons. The number of thioether (sulfide) groups is 1. The average Bonchev–Trinajstić information content (AvgIpc) is 2.77. The maximum absolute atomic E-state index is 11.0. The molecule has 1 aromatic heterocycles. The summed E-state index contributed by atoms with van der Waals surface area (Å²) in [7, 11) is 0. The molecular weight excluding hydrogens is 238 g/mol. The van der Waals surface area contributed by atoms with E-state index in [1.54, 1.807) is 0 Å². The lowest BCUT2D eigenvalue weighted by atomic mass is 10.2. The predicted octanol–water partition coefficient (Wildman–Crippen LogP) is 2.31. The van der Waals surface area contributed by atoms with Gasteiger partial charge in [0.05, 0.1) is 12.8 Å². The summed E-state index contributed by atoms with van der Waals surface area (Å²) in [5, 5.41) is 9.66. The zero-order valence-corrected chi connectivity index (χ0v) is 10.7. The second kappa shape index (κ2) is 5.60. The molecule has 2 heterocycles. The van der Waals surface area contributed by atoms with Crippen LogP contribution in [-0.4, -0.2) is 40.1 Å². The first kappa shape index (κ1) is 12.5. The van der Waals surface area contributed by atoms with Crippen molar-refractivity contribution >= 4 is 17.7 Å². The van der Waals surface area contributed by atoms with E-state index < -0.39 is 5.97 Å². The molecule has 1 saturated heterocycles. The van der Waals surface area contributed by atoms with E-state index in [0.29, 0.717) is 17.6 Å². The number of hydrogen-bond acceptors (Lipinski definition) is 4. The highest BCUT2D eigenvalue weighted by Crippen LogP contribution is 2.23. The average molecular weight is 255 g/mol. The van der Waals surface area contributed by atoms with Gasteiger partial charge in [-0.15, -0.1) is 0 Å². The van der Waals surface area contributed by atoms with E-state index in [0.717, 1.165) is 25.3 Å². The summed E-state index contributed by atoms with van der Waals surface area (Å²) in [5.41, 5.74) is 0.288. The maximum Gasteiger partial charge on any atom is 0.339 e. The number of aromatic carboxylic acids is 1. The molecule has 1 aliphatic rings. The van der Waals surface area contributed by atoms with Gasteiger partial charge in [-0.3, -0.25) is 4.90 Å². The molecule has 5 heteroatoms. The van der Waals surface area contributed by atoms with Gasteiger partial charge in [-0.25, -0.2) is 4.79 Å². The topological polar surface area (TPSA) is 53.7 Å². The molecule has 1 atom stereocenters. The van der Waals surface area contributed by atoms with Crippen molar-refractivity contribution in [1.82, 2.24) is 4.90 Å². The maximum atomic E-state index is 11.0. The Hall–Kier alpha value is -0.940. The molecule has 0 spiro atoms. The van der Waals surface area contributed by atoms with Crippen molar-refractivity contribution < 1.29 is 14.3 Å². The van der Waals surface area contributed by atoms with Gasteiger partial charge in [0.1, 0.15) is 11.3 Å². The minimum absolute atomic E-state index is 0.288. The number of rotatable bonds is 4. The molecule has 4 nitrogen and oxygen atoms in total. The standard InChI is InChI=1S/C12H17NO3S/c1-2-9-7-13(4-6-17-9)8-11-10(12(14)15)3-5-16-11/h3,5,9H,2,4,6-8H2,1H3,(H,14,15). The van der Waals surface area contributed by atoms with Crippen LogP contribution in [0.15, 0.2) is 16.7 Å². The fourth-order valence-corrected chi connectivity index (χ4v) is 3.28. The van der Waals surface area contributed by atoms with E-state index in [4.69, 9.17) is 9.52 Å². The zero-order chi connectivity index (χ0) is 12.3. The van der Waals surface area contributed by atoms with Crippen LogP contribution in [0.3, 0.4) is 0 Å². The fourth-order valence-electron chi connectivity index (χ4n) is 2.03. The van der Waals surface area contributed by atoms with Crippen molar-refractivity contribution in [3.05, 3.63) is 23.7 Å². The monoisotopic (exact) mass is 255 g/mol. The summed E-state index contributed by atoms with van der Waals surface area (Å²) in [4.78, 5) is 13.2. The van der Waals surface area contributed by atoms with Crippen LogP contribution < -0.4 is 0 Å². The highest BCUT2D eigenvalue weighted by atomic mass is 32.2. The lowest BCUT2D eigenvalue weighted by molar-refractivity contribution is 0.0692.